The molecule has 0 unspecified atom stereocenters. The molecule has 1 atom stereocenters. The van der Waals surface area contributed by atoms with Crippen molar-refractivity contribution in [1.82, 2.24) is 29.5 Å². The van der Waals surface area contributed by atoms with Crippen LogP contribution in [-0.4, -0.2) is 29.5 Å². The van der Waals surface area contributed by atoms with Crippen molar-refractivity contribution in [1.29, 1.82) is 0 Å². The molecule has 0 aromatic carbocycles. The molecule has 0 spiro atoms. The van der Waals surface area contributed by atoms with E-state index in [0.717, 1.165) is 29.2 Å². The number of rotatable bonds is 4. The summed E-state index contributed by atoms with van der Waals surface area (Å²) < 4.78 is 1.98. The fraction of sp³-hybridized carbons (Fsp3) is 0.357. The Balaban J connectivity index is 1.93. The highest BCUT2D eigenvalue weighted by molar-refractivity contribution is 5.82. The Kier molecular flexibility index (Phi) is 3.47. The van der Waals surface area contributed by atoms with Crippen molar-refractivity contribution in [3.05, 3.63) is 36.4 Å². The summed E-state index contributed by atoms with van der Waals surface area (Å²) in [4.78, 5) is 21.7. The van der Waals surface area contributed by atoms with Gasteiger partial charge in [0, 0.05) is 18.4 Å². The molecule has 3 heterocycles. The largest absolute Gasteiger partial charge is 0.358 e. The Hall–Kier alpha value is -2.57. The van der Waals surface area contributed by atoms with Gasteiger partial charge in [0.2, 0.25) is 0 Å². The van der Waals surface area contributed by atoms with E-state index in [9.17, 15) is 0 Å². The number of nitrogens with one attached hydrogen (secondary N) is 1. The lowest BCUT2D eigenvalue weighted by molar-refractivity contribution is 0.772. The predicted octanol–water partition coefficient (Wildman–Crippen LogP) is 2.12. The molecule has 108 valence electrons. The van der Waals surface area contributed by atoms with Crippen molar-refractivity contribution in [3.63, 3.8) is 0 Å². The minimum absolute atomic E-state index is 0.0604. The molecule has 0 aliphatic heterocycles. The van der Waals surface area contributed by atoms with Crippen LogP contribution < -0.4 is 5.32 Å². The summed E-state index contributed by atoms with van der Waals surface area (Å²) >= 11 is 0. The maximum Gasteiger partial charge on any atom is 0.165 e. The van der Waals surface area contributed by atoms with Crippen molar-refractivity contribution < 1.29 is 0 Å². The van der Waals surface area contributed by atoms with Crippen molar-refractivity contribution in [2.45, 2.75) is 33.4 Å². The van der Waals surface area contributed by atoms with E-state index in [1.165, 1.54) is 0 Å². The smallest absolute Gasteiger partial charge is 0.165 e. The Labute approximate surface area is 122 Å². The first-order valence-electron chi connectivity index (χ1n) is 6.91. The third-order valence-corrected chi connectivity index (χ3v) is 3.30. The Morgan fingerprint density at radius 3 is 2.86 bits per heavy atom. The van der Waals surface area contributed by atoms with E-state index in [2.05, 4.69) is 37.2 Å². The molecule has 0 aliphatic rings. The number of fused-ring (bicyclic) bond motifs is 1. The van der Waals surface area contributed by atoms with Gasteiger partial charge in [0.15, 0.2) is 11.5 Å². The maximum absolute atomic E-state index is 4.43. The predicted molar refractivity (Wildman–Crippen MR) is 79.8 cm³/mol. The van der Waals surface area contributed by atoms with Gasteiger partial charge >= 0.3 is 0 Å². The topological polar surface area (TPSA) is 81.4 Å². The van der Waals surface area contributed by atoms with E-state index in [0.29, 0.717) is 5.82 Å². The molecule has 0 amide bonds. The molecule has 0 saturated heterocycles. The standard InChI is InChI=1S/C14H17N7/c1-4-21-8-18-11-13(16-7-17-14(11)21)20-10(3)12-15-6-5-9(2)19-12/h5-8,10H,4H2,1-3H3,(H,16,17,20)/t10-/m1/s1. The van der Waals surface area contributed by atoms with E-state index in [1.807, 2.05) is 24.5 Å². The lowest BCUT2D eigenvalue weighted by atomic mass is 10.3. The summed E-state index contributed by atoms with van der Waals surface area (Å²) in [6.45, 7) is 6.83. The molecular formula is C14H17N7. The summed E-state index contributed by atoms with van der Waals surface area (Å²) in [6, 6.07) is 1.82. The van der Waals surface area contributed by atoms with Crippen LogP contribution in [0.4, 0.5) is 5.82 Å². The number of hydrogen-bond donors (Lipinski definition) is 1. The van der Waals surface area contributed by atoms with Gasteiger partial charge in [0.1, 0.15) is 17.7 Å². The number of anilines is 1. The summed E-state index contributed by atoms with van der Waals surface area (Å²) in [7, 11) is 0. The van der Waals surface area contributed by atoms with Crippen LogP contribution in [0, 0.1) is 6.92 Å². The molecule has 0 fully saturated rings. The summed E-state index contributed by atoms with van der Waals surface area (Å²) in [6.07, 6.45) is 5.08. The summed E-state index contributed by atoms with van der Waals surface area (Å²) in [5.74, 6) is 1.43. The zero-order valence-electron chi connectivity index (χ0n) is 12.3. The monoisotopic (exact) mass is 283 g/mol. The van der Waals surface area contributed by atoms with E-state index >= 15 is 0 Å². The van der Waals surface area contributed by atoms with Gasteiger partial charge in [-0.1, -0.05) is 0 Å². The SMILES string of the molecule is CCn1cnc2c(N[C@H](C)c3nccc(C)n3)ncnc21. The van der Waals surface area contributed by atoms with Crippen LogP contribution in [0.5, 0.6) is 0 Å². The second-order valence-corrected chi connectivity index (χ2v) is 4.85. The van der Waals surface area contributed by atoms with Crippen molar-refractivity contribution in [3.8, 4) is 0 Å². The van der Waals surface area contributed by atoms with E-state index < -0.39 is 0 Å². The normalized spacial score (nSPS) is 12.5. The maximum atomic E-state index is 4.43. The van der Waals surface area contributed by atoms with E-state index in [-0.39, 0.29) is 6.04 Å². The molecule has 7 nitrogen and oxygen atoms in total. The third-order valence-electron chi connectivity index (χ3n) is 3.30. The molecule has 1 N–H and O–H groups in total. The van der Waals surface area contributed by atoms with Crippen LogP contribution in [0.1, 0.15) is 31.4 Å². The third kappa shape index (κ3) is 2.54. The van der Waals surface area contributed by atoms with Gasteiger partial charge in [-0.2, -0.15) is 0 Å². The molecular weight excluding hydrogens is 266 g/mol. The number of aromatic nitrogens is 6. The number of hydrogen-bond acceptors (Lipinski definition) is 6. The highest BCUT2D eigenvalue weighted by Gasteiger charge is 2.14. The van der Waals surface area contributed by atoms with Gasteiger partial charge in [-0.05, 0) is 26.8 Å². The molecule has 0 aliphatic carbocycles. The van der Waals surface area contributed by atoms with Crippen LogP contribution in [0.2, 0.25) is 0 Å². The Morgan fingerprint density at radius 1 is 1.24 bits per heavy atom. The van der Waals surface area contributed by atoms with Crippen LogP contribution in [0.3, 0.4) is 0 Å². The van der Waals surface area contributed by atoms with Gasteiger partial charge in [0.25, 0.3) is 0 Å². The first-order chi connectivity index (χ1) is 10.2. The van der Waals surface area contributed by atoms with Crippen LogP contribution in [0.25, 0.3) is 11.2 Å². The number of imidazole rings is 1. The van der Waals surface area contributed by atoms with Gasteiger partial charge < -0.3 is 9.88 Å². The molecule has 0 bridgehead atoms. The lowest BCUT2D eigenvalue weighted by Crippen LogP contribution is -2.12. The van der Waals surface area contributed by atoms with Gasteiger partial charge in [-0.25, -0.2) is 24.9 Å². The minimum atomic E-state index is -0.0604. The van der Waals surface area contributed by atoms with Gasteiger partial charge in [0.05, 0.1) is 12.4 Å². The van der Waals surface area contributed by atoms with Gasteiger partial charge in [-0.3, -0.25) is 0 Å². The molecule has 0 saturated carbocycles. The quantitative estimate of drug-likeness (QED) is 0.789. The molecule has 3 rings (SSSR count). The molecule has 21 heavy (non-hydrogen) atoms. The number of nitrogens with zero attached hydrogens (tertiary/aromatic N) is 6. The van der Waals surface area contributed by atoms with Gasteiger partial charge in [-0.15, -0.1) is 0 Å². The fourth-order valence-corrected chi connectivity index (χ4v) is 2.16. The lowest BCUT2D eigenvalue weighted by Gasteiger charge is -2.13. The van der Waals surface area contributed by atoms with Crippen LogP contribution in [0.15, 0.2) is 24.9 Å². The summed E-state index contributed by atoms with van der Waals surface area (Å²) in [5, 5.41) is 3.31. The van der Waals surface area contributed by atoms with Crippen LogP contribution in [-0.2, 0) is 6.54 Å². The van der Waals surface area contributed by atoms with Crippen molar-refractivity contribution >= 4 is 17.0 Å². The van der Waals surface area contributed by atoms with E-state index in [4.69, 9.17) is 0 Å². The first-order valence-corrected chi connectivity index (χ1v) is 6.91. The highest BCUT2D eigenvalue weighted by Crippen LogP contribution is 2.21. The Morgan fingerprint density at radius 2 is 2.10 bits per heavy atom. The summed E-state index contributed by atoms with van der Waals surface area (Å²) in [5.41, 5.74) is 2.53. The minimum Gasteiger partial charge on any atom is -0.358 e. The molecule has 3 aromatic heterocycles. The first kappa shape index (κ1) is 13.4. The van der Waals surface area contributed by atoms with Crippen molar-refractivity contribution in [2.24, 2.45) is 0 Å². The molecule has 7 heteroatoms. The second kappa shape index (κ2) is 5.43. The zero-order valence-corrected chi connectivity index (χ0v) is 12.3. The van der Waals surface area contributed by atoms with Crippen molar-refractivity contribution in [2.75, 3.05) is 5.32 Å². The average molecular weight is 283 g/mol. The van der Waals surface area contributed by atoms with Crippen LogP contribution >= 0.6 is 0 Å². The molecule has 0 radical (unpaired) electrons. The fourth-order valence-electron chi connectivity index (χ4n) is 2.16. The highest BCUT2D eigenvalue weighted by atomic mass is 15.2. The Bertz CT molecular complexity index is 765. The average Bonchev–Trinajstić information content (AvgIpc) is 2.91. The zero-order chi connectivity index (χ0) is 14.8. The number of aryl methyl sites for hydroxylation is 2. The molecule has 3 aromatic rings. The second-order valence-electron chi connectivity index (χ2n) is 4.85. The van der Waals surface area contributed by atoms with E-state index in [1.54, 1.807) is 18.9 Å².